The molecule has 0 aliphatic rings. The molecule has 0 amide bonds. The summed E-state index contributed by atoms with van der Waals surface area (Å²) in [4.78, 5) is 72.4. The predicted molar refractivity (Wildman–Crippen MR) is 349 cm³/mol. The molecule has 0 aliphatic carbocycles. The highest BCUT2D eigenvalue weighted by atomic mass is 31.2. The van der Waals surface area contributed by atoms with Crippen LogP contribution in [0.4, 0.5) is 0 Å². The Labute approximate surface area is 530 Å². The van der Waals surface area contributed by atoms with Crippen LogP contribution in [0, 0.1) is 0 Å². The van der Waals surface area contributed by atoms with Gasteiger partial charge in [-0.05, 0) is 25.7 Å². The van der Waals surface area contributed by atoms with Gasteiger partial charge in [0, 0.05) is 25.7 Å². The molecular weight excluding hydrogens is 1150 g/mol. The molecule has 0 aromatic carbocycles. The minimum Gasteiger partial charge on any atom is -0.462 e. The summed E-state index contributed by atoms with van der Waals surface area (Å²) in [6.07, 6.45) is 49.8. The lowest BCUT2D eigenvalue weighted by Crippen LogP contribution is -2.30. The summed E-state index contributed by atoms with van der Waals surface area (Å²) in [6.45, 7) is 4.91. The Morgan fingerprint density at radius 2 is 0.460 bits per heavy atom. The highest BCUT2D eigenvalue weighted by Crippen LogP contribution is 2.45. The fourth-order valence-electron chi connectivity index (χ4n) is 10.3. The lowest BCUT2D eigenvalue weighted by molar-refractivity contribution is -0.161. The molecule has 0 bridgehead atoms. The molecule has 0 aliphatic heterocycles. The third kappa shape index (κ3) is 62.6. The van der Waals surface area contributed by atoms with Gasteiger partial charge in [0.05, 0.1) is 26.4 Å². The number of esters is 4. The summed E-state index contributed by atoms with van der Waals surface area (Å²) in [5.74, 6) is -2.12. The standard InChI is InChI=1S/C68H132O17P2/c1-5-9-13-17-21-25-28-31-34-37-41-45-49-53-66(71)79-59-64(85-68(73)55-51-47-43-39-36-33-30-27-23-19-15-11-7-3)61-83-87(76,77)81-57-62(69)56-80-86(74,75)82-60-63(58-78-65(70)52-48-44-40-24-20-16-12-8-4)84-67(72)54-50-46-42-38-35-32-29-26-22-18-14-10-6-2/h62-64,69H,5-61H2,1-4H3,(H,74,75)(H,76,77)/t62-,63+,64+/m0/s1. The molecule has 0 saturated heterocycles. The number of ether oxygens (including phenoxy) is 4. The van der Waals surface area contributed by atoms with Crippen molar-refractivity contribution in [1.29, 1.82) is 0 Å². The van der Waals surface area contributed by atoms with Gasteiger partial charge >= 0.3 is 39.5 Å². The Balaban J connectivity index is 5.22. The Bertz CT molecular complexity index is 1670. The molecule has 0 saturated carbocycles. The molecular formula is C68H132O17P2. The van der Waals surface area contributed by atoms with Gasteiger partial charge in [-0.2, -0.15) is 0 Å². The van der Waals surface area contributed by atoms with Crippen molar-refractivity contribution in [2.45, 2.75) is 373 Å². The summed E-state index contributed by atoms with van der Waals surface area (Å²) in [5, 5.41) is 10.6. The quantitative estimate of drug-likeness (QED) is 0.0222. The van der Waals surface area contributed by atoms with Crippen molar-refractivity contribution in [1.82, 2.24) is 0 Å². The molecule has 0 radical (unpaired) electrons. The van der Waals surface area contributed by atoms with E-state index in [1.54, 1.807) is 0 Å². The molecule has 0 fully saturated rings. The van der Waals surface area contributed by atoms with E-state index in [0.29, 0.717) is 25.7 Å². The molecule has 2 unspecified atom stereocenters. The van der Waals surface area contributed by atoms with Crippen molar-refractivity contribution in [2.24, 2.45) is 0 Å². The number of carbonyl (C=O) groups excluding carboxylic acids is 4. The molecule has 0 spiro atoms. The van der Waals surface area contributed by atoms with E-state index >= 15 is 0 Å². The first-order valence-corrected chi connectivity index (χ1v) is 38.8. The second-order valence-electron chi connectivity index (χ2n) is 24.6. The number of rotatable bonds is 69. The minimum atomic E-state index is -4.95. The first-order chi connectivity index (χ1) is 42.2. The Hall–Kier alpha value is -1.94. The molecule has 3 N–H and O–H groups in total. The summed E-state index contributed by atoms with van der Waals surface area (Å²) in [6, 6.07) is 0. The number of aliphatic hydroxyl groups is 1. The topological polar surface area (TPSA) is 237 Å². The third-order valence-corrected chi connectivity index (χ3v) is 17.8. The predicted octanol–water partition coefficient (Wildman–Crippen LogP) is 19.5. The first-order valence-electron chi connectivity index (χ1n) is 35.8. The van der Waals surface area contributed by atoms with Crippen molar-refractivity contribution >= 4 is 39.5 Å². The van der Waals surface area contributed by atoms with Crippen molar-refractivity contribution in [3.8, 4) is 0 Å². The van der Waals surface area contributed by atoms with E-state index in [2.05, 4.69) is 27.7 Å². The summed E-state index contributed by atoms with van der Waals surface area (Å²) in [7, 11) is -9.89. The molecule has 19 heteroatoms. The maximum absolute atomic E-state index is 13.0. The van der Waals surface area contributed by atoms with Crippen LogP contribution < -0.4 is 0 Å². The van der Waals surface area contributed by atoms with E-state index in [-0.39, 0.29) is 25.7 Å². The average Bonchev–Trinajstić information content (AvgIpc) is 3.71. The highest BCUT2D eigenvalue weighted by molar-refractivity contribution is 7.47. The molecule has 87 heavy (non-hydrogen) atoms. The highest BCUT2D eigenvalue weighted by Gasteiger charge is 2.30. The Morgan fingerprint density at radius 3 is 0.678 bits per heavy atom. The molecule has 0 aromatic rings. The van der Waals surface area contributed by atoms with Gasteiger partial charge in [-0.15, -0.1) is 0 Å². The molecule has 0 rings (SSSR count). The van der Waals surface area contributed by atoms with Crippen molar-refractivity contribution in [3.63, 3.8) is 0 Å². The lowest BCUT2D eigenvalue weighted by atomic mass is 10.0. The van der Waals surface area contributed by atoms with Gasteiger partial charge in [-0.25, -0.2) is 9.13 Å². The number of phosphoric ester groups is 2. The Kier molecular flexibility index (Phi) is 61.4. The first kappa shape index (κ1) is 85.1. The van der Waals surface area contributed by atoms with Crippen LogP contribution in [0.5, 0.6) is 0 Å². The number of unbranched alkanes of at least 4 members (excludes halogenated alkanes) is 43. The zero-order chi connectivity index (χ0) is 64.0. The van der Waals surface area contributed by atoms with Gasteiger partial charge in [-0.3, -0.25) is 37.3 Å². The molecule has 17 nitrogen and oxygen atoms in total. The van der Waals surface area contributed by atoms with Crippen LogP contribution in [-0.4, -0.2) is 96.7 Å². The van der Waals surface area contributed by atoms with Crippen LogP contribution in [0.3, 0.4) is 0 Å². The van der Waals surface area contributed by atoms with Gasteiger partial charge in [0.2, 0.25) is 0 Å². The smallest absolute Gasteiger partial charge is 0.462 e. The fraction of sp³-hybridized carbons (Fsp3) is 0.941. The minimum absolute atomic E-state index is 0.108. The van der Waals surface area contributed by atoms with Crippen LogP contribution in [0.1, 0.15) is 355 Å². The second kappa shape index (κ2) is 62.8. The molecule has 0 heterocycles. The Morgan fingerprint density at radius 1 is 0.276 bits per heavy atom. The molecule has 0 aromatic heterocycles. The largest absolute Gasteiger partial charge is 0.472 e. The van der Waals surface area contributed by atoms with Crippen LogP contribution in [0.25, 0.3) is 0 Å². The number of aliphatic hydroxyl groups excluding tert-OH is 1. The van der Waals surface area contributed by atoms with Gasteiger partial charge in [-0.1, -0.05) is 304 Å². The van der Waals surface area contributed by atoms with Gasteiger partial charge in [0.1, 0.15) is 19.3 Å². The van der Waals surface area contributed by atoms with Gasteiger partial charge < -0.3 is 33.8 Å². The van der Waals surface area contributed by atoms with Gasteiger partial charge in [0.25, 0.3) is 0 Å². The zero-order valence-electron chi connectivity index (χ0n) is 56.0. The van der Waals surface area contributed by atoms with E-state index < -0.39 is 97.5 Å². The van der Waals surface area contributed by atoms with Crippen molar-refractivity contribution in [3.05, 3.63) is 0 Å². The van der Waals surface area contributed by atoms with Crippen LogP contribution in [0.15, 0.2) is 0 Å². The van der Waals surface area contributed by atoms with Crippen LogP contribution >= 0.6 is 15.6 Å². The maximum atomic E-state index is 13.0. The second-order valence-corrected chi connectivity index (χ2v) is 27.5. The van der Waals surface area contributed by atoms with Crippen molar-refractivity contribution in [2.75, 3.05) is 39.6 Å². The van der Waals surface area contributed by atoms with Gasteiger partial charge in [0.15, 0.2) is 12.2 Å². The molecule has 516 valence electrons. The summed E-state index contributed by atoms with van der Waals surface area (Å²) >= 11 is 0. The number of carbonyl (C=O) groups is 4. The monoisotopic (exact) mass is 1280 g/mol. The number of hydrogen-bond donors (Lipinski definition) is 3. The van der Waals surface area contributed by atoms with E-state index in [1.807, 2.05) is 0 Å². The fourth-order valence-corrected chi connectivity index (χ4v) is 11.9. The lowest BCUT2D eigenvalue weighted by Gasteiger charge is -2.21. The normalized spacial score (nSPS) is 14.1. The number of hydrogen-bond acceptors (Lipinski definition) is 15. The van der Waals surface area contributed by atoms with Crippen LogP contribution in [-0.2, 0) is 65.4 Å². The third-order valence-electron chi connectivity index (χ3n) is 15.9. The molecule has 5 atom stereocenters. The summed E-state index contributed by atoms with van der Waals surface area (Å²) in [5.41, 5.74) is 0. The van der Waals surface area contributed by atoms with E-state index in [1.165, 1.54) is 180 Å². The van der Waals surface area contributed by atoms with E-state index in [9.17, 15) is 43.2 Å². The average molecular weight is 1280 g/mol. The number of phosphoric acid groups is 2. The summed E-state index contributed by atoms with van der Waals surface area (Å²) < 4.78 is 68.2. The van der Waals surface area contributed by atoms with Crippen molar-refractivity contribution < 1.29 is 80.2 Å². The SMILES string of the molecule is CCCCCCCCCCCCCCCC(=O)OC[C@H](COP(=O)(O)OC[C@@H](O)COP(=O)(O)OC[C@@H](COC(=O)CCCCCCCCCC)OC(=O)CCCCCCCCCCCCCCC)OC(=O)CCCCCCCCCCCCCCC. The zero-order valence-corrected chi connectivity index (χ0v) is 57.8. The van der Waals surface area contributed by atoms with E-state index in [0.717, 1.165) is 96.3 Å². The van der Waals surface area contributed by atoms with Crippen LogP contribution in [0.2, 0.25) is 0 Å². The maximum Gasteiger partial charge on any atom is 0.472 e. The van der Waals surface area contributed by atoms with E-state index in [4.69, 9.17) is 37.0 Å².